The van der Waals surface area contributed by atoms with Crippen LogP contribution in [0.2, 0.25) is 0 Å². The van der Waals surface area contributed by atoms with E-state index < -0.39 is 0 Å². The molecule has 18 aromatic carbocycles. The maximum Gasteiger partial charge on any atom is 0.0640 e. The van der Waals surface area contributed by atoms with Crippen LogP contribution in [0.3, 0.4) is 0 Å². The number of rotatable bonds is 9. The summed E-state index contributed by atoms with van der Waals surface area (Å²) >= 11 is 7.42. The number of hydrogen-bond donors (Lipinski definition) is 0. The molecule has 2 heterocycles. The van der Waals surface area contributed by atoms with E-state index in [0.717, 1.165) is 12.1 Å². The highest BCUT2D eigenvalue weighted by Gasteiger charge is 2.23. The first-order valence-electron chi connectivity index (χ1n) is 34.4. The lowest BCUT2D eigenvalue weighted by Gasteiger charge is -2.28. The molecule has 0 N–H and O–H groups in total. The van der Waals surface area contributed by atoms with Gasteiger partial charge in [0.1, 0.15) is 0 Å². The molecule has 0 amide bonds. The van der Waals surface area contributed by atoms with Crippen LogP contribution in [0, 0.1) is 0 Å². The zero-order valence-corrected chi connectivity index (χ0v) is 58.4. The maximum absolute atomic E-state index is 3.67. The maximum atomic E-state index is 3.67. The van der Waals surface area contributed by atoms with Crippen molar-refractivity contribution in [1.29, 1.82) is 0 Å². The molecule has 0 aliphatic heterocycles. The molecule has 0 unspecified atom stereocenters. The van der Waals surface area contributed by atoms with E-state index in [0.29, 0.717) is 0 Å². The zero-order valence-electron chi connectivity index (χ0n) is 55.1. The summed E-state index contributed by atoms with van der Waals surface area (Å²) < 4.78 is 6.46. The van der Waals surface area contributed by atoms with Gasteiger partial charge in [0.2, 0.25) is 0 Å². The summed E-state index contributed by atoms with van der Waals surface area (Å²) in [5, 5.41) is 20.6. The van der Waals surface area contributed by atoms with E-state index in [9.17, 15) is 0 Å². The number of thiophene rings is 2. The van der Waals surface area contributed by atoms with Crippen LogP contribution in [0.5, 0.6) is 0 Å². The van der Waals surface area contributed by atoms with Crippen molar-refractivity contribution in [3.8, 4) is 44.5 Å². The summed E-state index contributed by atoms with van der Waals surface area (Å²) in [7, 11) is 0. The number of fused-ring (bicyclic) bond motifs is 14. The molecule has 1 nitrogen and oxygen atoms in total. The van der Waals surface area contributed by atoms with Crippen LogP contribution in [0.4, 0.5) is 17.1 Å². The van der Waals surface area contributed by atoms with Crippen molar-refractivity contribution < 1.29 is 0 Å². The first kappa shape index (κ1) is 61.6. The van der Waals surface area contributed by atoms with Crippen molar-refractivity contribution in [1.82, 2.24) is 0 Å². The Morgan fingerprint density at radius 1 is 0.228 bits per heavy atom. The third-order valence-corrected chi connectivity index (χ3v) is 23.4. The largest absolute Gasteiger partial charge is 0.308 e. The first-order chi connectivity index (χ1) is 50.0. The Bertz CT molecular complexity index is 6490. The van der Waals surface area contributed by atoms with Crippen LogP contribution in [-0.4, -0.2) is 0 Å². The second-order valence-corrected chi connectivity index (χ2v) is 28.8. The van der Waals surface area contributed by atoms with E-state index >= 15 is 0 Å². The second kappa shape index (κ2) is 26.8. The fourth-order valence-corrected chi connectivity index (χ4v) is 18.1. The Morgan fingerprint density at radius 3 is 1.19 bits per heavy atom. The van der Waals surface area contributed by atoms with Crippen LogP contribution in [0.25, 0.3) is 149 Å². The van der Waals surface area contributed by atoms with Crippen molar-refractivity contribution in [2.24, 2.45) is 0 Å². The van der Waals surface area contributed by atoms with Gasteiger partial charge in [-0.05, 0) is 180 Å². The van der Waals surface area contributed by atoms with Gasteiger partial charge in [-0.2, -0.15) is 0 Å². The summed E-state index contributed by atoms with van der Waals surface area (Å²) in [5.41, 5.74) is 16.3. The first-order valence-corrected chi connectivity index (χ1v) is 36.8. The molecule has 101 heavy (non-hydrogen) atoms. The summed E-state index contributed by atoms with van der Waals surface area (Å²) in [6.07, 6.45) is 0.934. The third-order valence-electron chi connectivity index (χ3n) is 19.9. The minimum atomic E-state index is 0.934. The molecule has 0 aliphatic carbocycles. The highest BCUT2D eigenvalue weighted by atomic mass is 79.9. The standard InChI is InChI=1S/C48H31NS.C31H22.C18H11BrS/c1-2-13-34(14-3-1)40-20-10-21-43-44-22-11-23-45(48(44)50-47(40)43)49(46-31-37-16-6-7-17-39(37)41-18-8-9-19-42(41)46)38-28-26-33(27-29-38)36-25-24-32-12-4-5-15-35(32)30-36;1-2-8-25-20-26(18-17-23(25)7-1)24-15-13-22(14-16-24)19-28-21-27-9-3-4-10-29(27)31-12-6-5-11-30(28)31;19-16-11-5-10-15-14-9-4-8-13(17(14)20-18(15)16)12-6-2-1-3-7-12/h1-31H;1-18,20-21H,19H2;1-11H. The molecule has 0 radical (unpaired) electrons. The van der Waals surface area contributed by atoms with Gasteiger partial charge in [-0.3, -0.25) is 0 Å². The van der Waals surface area contributed by atoms with Gasteiger partial charge in [0, 0.05) is 51.2 Å². The zero-order chi connectivity index (χ0) is 67.2. The van der Waals surface area contributed by atoms with Crippen molar-refractivity contribution in [3.05, 3.63) is 392 Å². The molecule has 0 saturated carbocycles. The van der Waals surface area contributed by atoms with E-state index in [-0.39, 0.29) is 0 Å². The van der Waals surface area contributed by atoms with E-state index in [2.05, 4.69) is 397 Å². The Morgan fingerprint density at radius 2 is 0.624 bits per heavy atom. The van der Waals surface area contributed by atoms with Crippen LogP contribution >= 0.6 is 38.6 Å². The molecule has 20 aromatic rings. The molecule has 4 heteroatoms. The van der Waals surface area contributed by atoms with E-state index in [1.807, 2.05) is 22.7 Å². The van der Waals surface area contributed by atoms with Gasteiger partial charge in [0.25, 0.3) is 0 Å². The second-order valence-electron chi connectivity index (χ2n) is 25.9. The van der Waals surface area contributed by atoms with Gasteiger partial charge < -0.3 is 4.90 Å². The average molecular weight is 1390 g/mol. The Hall–Kier alpha value is -11.8. The Balaban J connectivity index is 0.000000121. The topological polar surface area (TPSA) is 3.24 Å². The monoisotopic (exact) mass is 1390 g/mol. The van der Waals surface area contributed by atoms with Crippen LogP contribution < -0.4 is 4.90 Å². The lowest BCUT2D eigenvalue weighted by atomic mass is 9.93. The van der Waals surface area contributed by atoms with E-state index in [1.165, 1.54) is 176 Å². The van der Waals surface area contributed by atoms with Gasteiger partial charge in [0.05, 0.1) is 16.1 Å². The van der Waals surface area contributed by atoms with Gasteiger partial charge >= 0.3 is 0 Å². The SMILES string of the molecule is Brc1cccc2c1sc1c(-c3ccccc3)cccc12.c1ccc(-c2cccc3c2sc2c(N(c4ccc(-c5ccc6ccccc6c5)cc4)c4cc5ccccc5c5ccccc45)cccc23)cc1.c1ccc2cc(-c3ccc(Cc4cc5ccccc5c5ccccc45)cc3)ccc2c1. The highest BCUT2D eigenvalue weighted by Crippen LogP contribution is 2.50. The van der Waals surface area contributed by atoms with Crippen molar-refractivity contribution in [3.63, 3.8) is 0 Å². The van der Waals surface area contributed by atoms with Crippen LogP contribution in [-0.2, 0) is 6.42 Å². The molecule has 476 valence electrons. The minimum absolute atomic E-state index is 0.934. The predicted octanol–water partition coefficient (Wildman–Crippen LogP) is 29.2. The average Bonchev–Trinajstić information content (AvgIpc) is 1.74. The molecular weight excluding hydrogens is 1320 g/mol. The molecule has 20 rings (SSSR count). The van der Waals surface area contributed by atoms with Gasteiger partial charge in [0.15, 0.2) is 0 Å². The van der Waals surface area contributed by atoms with Crippen molar-refractivity contribution in [2.45, 2.75) is 6.42 Å². The van der Waals surface area contributed by atoms with Crippen molar-refractivity contribution >= 4 is 161 Å². The lowest BCUT2D eigenvalue weighted by Crippen LogP contribution is -2.10. The van der Waals surface area contributed by atoms with Gasteiger partial charge in [-0.25, -0.2) is 0 Å². The summed E-state index contributed by atoms with van der Waals surface area (Å²) in [5.74, 6) is 0. The van der Waals surface area contributed by atoms with E-state index in [4.69, 9.17) is 0 Å². The molecular formula is C97H64BrNS2. The third kappa shape index (κ3) is 11.8. The summed E-state index contributed by atoms with van der Waals surface area (Å²) in [6, 6.07) is 136. The predicted molar refractivity (Wildman–Crippen MR) is 444 cm³/mol. The Labute approximate surface area is 603 Å². The number of halogens is 1. The van der Waals surface area contributed by atoms with Crippen LogP contribution in [0.15, 0.2) is 381 Å². The minimum Gasteiger partial charge on any atom is -0.308 e. The molecule has 0 aliphatic rings. The molecule has 0 bridgehead atoms. The number of anilines is 3. The van der Waals surface area contributed by atoms with E-state index in [1.54, 1.807) is 0 Å². The molecule has 0 spiro atoms. The number of nitrogens with zero attached hydrogens (tertiary/aromatic N) is 1. The molecule has 0 fully saturated rings. The smallest absolute Gasteiger partial charge is 0.0640 e. The lowest BCUT2D eigenvalue weighted by molar-refractivity contribution is 1.22. The Kier molecular flexibility index (Phi) is 16.3. The molecule has 0 saturated heterocycles. The molecule has 0 atom stereocenters. The van der Waals surface area contributed by atoms with Crippen molar-refractivity contribution in [2.75, 3.05) is 4.90 Å². The summed E-state index contributed by atoms with van der Waals surface area (Å²) in [4.78, 5) is 2.48. The fourth-order valence-electron chi connectivity index (χ4n) is 14.9. The summed E-state index contributed by atoms with van der Waals surface area (Å²) in [6.45, 7) is 0. The quantitative estimate of drug-likeness (QED) is 0.130. The van der Waals surface area contributed by atoms with Gasteiger partial charge in [-0.1, -0.05) is 334 Å². The number of benzene rings is 18. The van der Waals surface area contributed by atoms with Gasteiger partial charge in [-0.15, -0.1) is 22.7 Å². The normalized spacial score (nSPS) is 11.5. The highest BCUT2D eigenvalue weighted by molar-refractivity contribution is 9.10. The fraction of sp³-hybridized carbons (Fsp3) is 0.0103. The van der Waals surface area contributed by atoms with Crippen LogP contribution in [0.1, 0.15) is 11.1 Å². The number of hydrogen-bond acceptors (Lipinski definition) is 3. The molecule has 2 aromatic heterocycles.